The molecule has 4 nitrogen and oxygen atoms in total. The van der Waals surface area contributed by atoms with Crippen molar-refractivity contribution in [1.82, 2.24) is 14.5 Å². The van der Waals surface area contributed by atoms with Crippen LogP contribution in [-0.4, -0.2) is 14.5 Å². The Labute approximate surface area is 263 Å². The van der Waals surface area contributed by atoms with Crippen molar-refractivity contribution >= 4 is 45.3 Å². The summed E-state index contributed by atoms with van der Waals surface area (Å²) < 4.78 is 8.67. The number of hydrogen-bond donors (Lipinski definition) is 1. The molecule has 0 saturated carbocycles. The maximum atomic E-state index is 6.44. The van der Waals surface area contributed by atoms with Crippen LogP contribution in [0.3, 0.4) is 0 Å². The smallest absolute Gasteiger partial charge is 0.219 e. The van der Waals surface area contributed by atoms with E-state index in [1.807, 2.05) is 24.4 Å². The number of aryl methyl sites for hydroxylation is 3. The summed E-state index contributed by atoms with van der Waals surface area (Å²) in [5.41, 5.74) is 10.4. The summed E-state index contributed by atoms with van der Waals surface area (Å²) in [6, 6.07) is 31.7. The van der Waals surface area contributed by atoms with Crippen molar-refractivity contribution in [1.29, 1.82) is 0 Å². The van der Waals surface area contributed by atoms with Crippen molar-refractivity contribution in [3.8, 4) is 28.6 Å². The number of nitrogens with zero attached hydrogens (tertiary/aromatic N) is 3. The van der Waals surface area contributed by atoms with E-state index >= 15 is 0 Å². The Hall–Kier alpha value is -4.61. The molecule has 0 bridgehead atoms. The van der Waals surface area contributed by atoms with Gasteiger partial charge in [-0.05, 0) is 96.5 Å². The van der Waals surface area contributed by atoms with Crippen LogP contribution in [0.15, 0.2) is 102 Å². The minimum absolute atomic E-state index is 0.00896. The lowest BCUT2D eigenvalue weighted by molar-refractivity contribution is 0.465. The first-order chi connectivity index (χ1) is 21.1. The standard InChI is InChI=1S/C39H35N3OS/c1-23-19-24(2)37(25(3)20-23)30-13-15-34(44)38-31(30)14-16-36(41-38)43-27-11-12-29-28-9-7-8-10-32(28)42(33(29)22-27)35-21-26(17-18-40-35)39(4,5)6/h7-22,44H,1-6H3. The molecule has 4 aromatic carbocycles. The number of fused-ring (bicyclic) bond motifs is 4. The Bertz CT molecular complexity index is 2220. The molecule has 0 saturated heterocycles. The molecule has 0 unspecified atom stereocenters. The molecule has 0 fully saturated rings. The monoisotopic (exact) mass is 593 g/mol. The lowest BCUT2D eigenvalue weighted by Crippen LogP contribution is -2.12. The van der Waals surface area contributed by atoms with E-state index in [1.165, 1.54) is 33.2 Å². The Morgan fingerprint density at radius 3 is 2.23 bits per heavy atom. The predicted octanol–water partition coefficient (Wildman–Crippen LogP) is 10.7. The molecule has 7 aromatic rings. The SMILES string of the molecule is Cc1cc(C)c(-c2ccc(S)c3nc(Oc4ccc5c6ccccc6n(-c6cc(C(C)(C)C)ccn6)c5c4)ccc23)c(C)c1. The molecular weight excluding hydrogens is 559 g/mol. The fourth-order valence-corrected chi connectivity index (χ4v) is 6.70. The summed E-state index contributed by atoms with van der Waals surface area (Å²) in [4.78, 5) is 10.6. The van der Waals surface area contributed by atoms with E-state index in [9.17, 15) is 0 Å². The number of thiol groups is 1. The Balaban J connectivity index is 1.34. The van der Waals surface area contributed by atoms with Crippen LogP contribution in [0.5, 0.6) is 11.6 Å². The summed E-state index contributed by atoms with van der Waals surface area (Å²) in [6.45, 7) is 13.2. The van der Waals surface area contributed by atoms with E-state index in [0.29, 0.717) is 11.6 Å². The van der Waals surface area contributed by atoms with Gasteiger partial charge in [0.05, 0.1) is 16.6 Å². The lowest BCUT2D eigenvalue weighted by atomic mass is 9.88. The Kier molecular flexibility index (Phi) is 6.74. The molecule has 0 N–H and O–H groups in total. The zero-order valence-corrected chi connectivity index (χ0v) is 26.8. The number of rotatable bonds is 4. The van der Waals surface area contributed by atoms with Gasteiger partial charge in [-0.1, -0.05) is 62.7 Å². The van der Waals surface area contributed by atoms with E-state index < -0.39 is 0 Å². The predicted molar refractivity (Wildman–Crippen MR) is 186 cm³/mol. The summed E-state index contributed by atoms with van der Waals surface area (Å²) in [7, 11) is 0. The third-order valence-electron chi connectivity index (χ3n) is 8.46. The average Bonchev–Trinajstić information content (AvgIpc) is 3.31. The van der Waals surface area contributed by atoms with Crippen molar-refractivity contribution < 1.29 is 4.74 Å². The van der Waals surface area contributed by atoms with Crippen LogP contribution in [0.2, 0.25) is 0 Å². The van der Waals surface area contributed by atoms with Crippen molar-refractivity contribution in [2.75, 3.05) is 0 Å². The zero-order chi connectivity index (χ0) is 30.7. The maximum absolute atomic E-state index is 6.44. The maximum Gasteiger partial charge on any atom is 0.219 e. The largest absolute Gasteiger partial charge is 0.439 e. The van der Waals surface area contributed by atoms with Crippen LogP contribution in [0, 0.1) is 20.8 Å². The fraction of sp³-hybridized carbons (Fsp3) is 0.179. The molecule has 0 spiro atoms. The number of pyridine rings is 2. The molecule has 218 valence electrons. The van der Waals surface area contributed by atoms with E-state index in [1.54, 1.807) is 0 Å². The van der Waals surface area contributed by atoms with Gasteiger partial charge in [0.15, 0.2) is 0 Å². The molecule has 7 rings (SSSR count). The topological polar surface area (TPSA) is 39.9 Å². The van der Waals surface area contributed by atoms with E-state index in [2.05, 4.69) is 119 Å². The van der Waals surface area contributed by atoms with Gasteiger partial charge in [-0.3, -0.25) is 4.57 Å². The molecule has 0 aliphatic rings. The van der Waals surface area contributed by atoms with Crippen molar-refractivity contribution in [3.05, 3.63) is 119 Å². The van der Waals surface area contributed by atoms with Gasteiger partial charge >= 0.3 is 0 Å². The van der Waals surface area contributed by atoms with Gasteiger partial charge in [-0.25, -0.2) is 9.97 Å². The van der Waals surface area contributed by atoms with E-state index in [0.717, 1.165) is 43.6 Å². The first kappa shape index (κ1) is 28.2. The Morgan fingerprint density at radius 2 is 1.45 bits per heavy atom. The highest BCUT2D eigenvalue weighted by Gasteiger charge is 2.19. The third kappa shape index (κ3) is 4.82. The molecule has 0 radical (unpaired) electrons. The lowest BCUT2D eigenvalue weighted by Gasteiger charge is -2.20. The molecule has 0 aliphatic heterocycles. The third-order valence-corrected chi connectivity index (χ3v) is 8.83. The molecule has 0 aliphatic carbocycles. The number of benzene rings is 4. The Morgan fingerprint density at radius 1 is 0.727 bits per heavy atom. The van der Waals surface area contributed by atoms with Gasteiger partial charge in [0.1, 0.15) is 11.6 Å². The second kappa shape index (κ2) is 10.5. The summed E-state index contributed by atoms with van der Waals surface area (Å²) in [6.07, 6.45) is 1.90. The number of ether oxygens (including phenoxy) is 1. The quantitative estimate of drug-likeness (QED) is 0.206. The highest BCUT2D eigenvalue weighted by molar-refractivity contribution is 7.80. The van der Waals surface area contributed by atoms with Gasteiger partial charge in [0.25, 0.3) is 0 Å². The second-order valence-corrected chi connectivity index (χ2v) is 13.2. The minimum atomic E-state index is 0.00896. The second-order valence-electron chi connectivity index (χ2n) is 12.7. The summed E-state index contributed by atoms with van der Waals surface area (Å²) in [5, 5.41) is 3.38. The number of hydrogen-bond acceptors (Lipinski definition) is 4. The molecule has 5 heteroatoms. The highest BCUT2D eigenvalue weighted by Crippen LogP contribution is 2.38. The highest BCUT2D eigenvalue weighted by atomic mass is 32.1. The normalized spacial score (nSPS) is 12.0. The van der Waals surface area contributed by atoms with Crippen LogP contribution in [-0.2, 0) is 5.41 Å². The fourth-order valence-electron chi connectivity index (χ4n) is 6.45. The molecule has 0 atom stereocenters. The summed E-state index contributed by atoms with van der Waals surface area (Å²) in [5.74, 6) is 2.12. The van der Waals surface area contributed by atoms with Crippen LogP contribution in [0.25, 0.3) is 49.7 Å². The van der Waals surface area contributed by atoms with Crippen molar-refractivity contribution in [3.63, 3.8) is 0 Å². The van der Waals surface area contributed by atoms with Gasteiger partial charge in [-0.2, -0.15) is 0 Å². The molecule has 3 aromatic heterocycles. The van der Waals surface area contributed by atoms with E-state index in [-0.39, 0.29) is 5.41 Å². The minimum Gasteiger partial charge on any atom is -0.439 e. The first-order valence-corrected chi connectivity index (χ1v) is 15.4. The molecule has 3 heterocycles. The van der Waals surface area contributed by atoms with Gasteiger partial charge in [0, 0.05) is 39.4 Å². The number of para-hydroxylation sites is 1. The molecule has 44 heavy (non-hydrogen) atoms. The van der Waals surface area contributed by atoms with E-state index in [4.69, 9.17) is 27.3 Å². The zero-order valence-electron chi connectivity index (χ0n) is 25.9. The van der Waals surface area contributed by atoms with Gasteiger partial charge < -0.3 is 4.74 Å². The molecule has 0 amide bonds. The average molecular weight is 594 g/mol. The van der Waals surface area contributed by atoms with Crippen molar-refractivity contribution in [2.45, 2.75) is 51.9 Å². The van der Waals surface area contributed by atoms with Gasteiger partial charge in [0.2, 0.25) is 5.88 Å². The van der Waals surface area contributed by atoms with Crippen LogP contribution in [0.1, 0.15) is 43.0 Å². The molecular formula is C39H35N3OS. The van der Waals surface area contributed by atoms with Crippen LogP contribution < -0.4 is 4.74 Å². The van der Waals surface area contributed by atoms with Crippen LogP contribution >= 0.6 is 12.6 Å². The summed E-state index contributed by atoms with van der Waals surface area (Å²) >= 11 is 4.78. The van der Waals surface area contributed by atoms with Crippen LogP contribution in [0.4, 0.5) is 0 Å². The van der Waals surface area contributed by atoms with Crippen molar-refractivity contribution in [2.24, 2.45) is 0 Å². The number of aromatic nitrogens is 3. The van der Waals surface area contributed by atoms with Gasteiger partial charge in [-0.15, -0.1) is 12.6 Å². The first-order valence-electron chi connectivity index (χ1n) is 15.0.